The molecular weight excluding hydrogens is 398 g/mol. The Bertz CT molecular complexity index is 1070. The topological polar surface area (TPSA) is 123 Å². The van der Waals surface area contributed by atoms with E-state index in [0.717, 1.165) is 6.54 Å². The summed E-state index contributed by atoms with van der Waals surface area (Å²) in [7, 11) is 7.06. The number of nitriles is 1. The number of hydrogen-bond donors (Lipinski definition) is 2. The molecule has 1 heterocycles. The molecule has 0 amide bonds. The van der Waals surface area contributed by atoms with E-state index in [2.05, 4.69) is 21.5 Å². The van der Waals surface area contributed by atoms with Gasteiger partial charge in [0.25, 0.3) is 0 Å². The normalized spacial score (nSPS) is 10.6. The van der Waals surface area contributed by atoms with Crippen LogP contribution in [0.3, 0.4) is 0 Å². The van der Waals surface area contributed by atoms with E-state index >= 15 is 0 Å². The first-order valence-electron chi connectivity index (χ1n) is 9.48. The molecule has 0 unspecified atom stereocenters. The first kappa shape index (κ1) is 21.7. The second kappa shape index (κ2) is 9.69. The van der Waals surface area contributed by atoms with Crippen LogP contribution in [-0.2, 0) is 0 Å². The van der Waals surface area contributed by atoms with Gasteiger partial charge in [-0.1, -0.05) is 0 Å². The van der Waals surface area contributed by atoms with Crippen LogP contribution >= 0.6 is 0 Å². The number of aromatic nitrogens is 3. The molecule has 10 heteroatoms. The second-order valence-corrected chi connectivity index (χ2v) is 6.85. The fourth-order valence-corrected chi connectivity index (χ4v) is 2.82. The highest BCUT2D eigenvalue weighted by Gasteiger charge is 2.16. The van der Waals surface area contributed by atoms with E-state index in [9.17, 15) is 0 Å². The quantitative estimate of drug-likeness (QED) is 0.534. The van der Waals surface area contributed by atoms with Crippen LogP contribution in [0, 0.1) is 11.3 Å². The van der Waals surface area contributed by atoms with E-state index in [4.69, 9.17) is 25.2 Å². The zero-order chi connectivity index (χ0) is 22.4. The van der Waals surface area contributed by atoms with Crippen LogP contribution in [0.1, 0.15) is 5.56 Å². The first-order valence-corrected chi connectivity index (χ1v) is 9.48. The van der Waals surface area contributed by atoms with Crippen LogP contribution in [0.5, 0.6) is 17.2 Å². The van der Waals surface area contributed by atoms with Gasteiger partial charge in [0, 0.05) is 24.4 Å². The molecule has 0 saturated heterocycles. The summed E-state index contributed by atoms with van der Waals surface area (Å²) in [5.41, 5.74) is 7.92. The molecule has 0 saturated carbocycles. The Morgan fingerprint density at radius 1 is 1.13 bits per heavy atom. The highest BCUT2D eigenvalue weighted by Crippen LogP contribution is 2.40. The Balaban J connectivity index is 1.87. The van der Waals surface area contributed by atoms with Gasteiger partial charge < -0.3 is 30.2 Å². The van der Waals surface area contributed by atoms with Crippen molar-refractivity contribution in [2.45, 2.75) is 0 Å². The van der Waals surface area contributed by atoms with Crippen LogP contribution in [0.15, 0.2) is 36.4 Å². The van der Waals surface area contributed by atoms with Crippen molar-refractivity contribution in [3.05, 3.63) is 42.0 Å². The molecule has 162 valence electrons. The van der Waals surface area contributed by atoms with E-state index in [1.165, 1.54) is 4.68 Å². The summed E-state index contributed by atoms with van der Waals surface area (Å²) in [5, 5.41) is 16.5. The van der Waals surface area contributed by atoms with Crippen molar-refractivity contribution in [2.75, 3.05) is 52.5 Å². The van der Waals surface area contributed by atoms with Gasteiger partial charge in [0.1, 0.15) is 6.61 Å². The molecule has 1 aromatic heterocycles. The number of likely N-dealkylation sites (N-methyl/N-ethyl adjacent to an activating group) is 1. The number of rotatable bonds is 9. The van der Waals surface area contributed by atoms with Gasteiger partial charge in [0.2, 0.25) is 17.6 Å². The van der Waals surface area contributed by atoms with E-state index in [1.54, 1.807) is 50.6 Å². The smallest absolute Gasteiger partial charge is 0.248 e. The minimum Gasteiger partial charge on any atom is -0.493 e. The van der Waals surface area contributed by atoms with Gasteiger partial charge in [-0.25, -0.2) is 0 Å². The molecule has 10 nitrogen and oxygen atoms in total. The summed E-state index contributed by atoms with van der Waals surface area (Å²) in [6, 6.07) is 12.5. The minimum absolute atomic E-state index is 0.204. The predicted octanol–water partition coefficient (Wildman–Crippen LogP) is 2.42. The van der Waals surface area contributed by atoms with Crippen molar-refractivity contribution >= 4 is 17.6 Å². The van der Waals surface area contributed by atoms with Crippen LogP contribution in [-0.4, -0.2) is 61.1 Å². The highest BCUT2D eigenvalue weighted by atomic mass is 16.5. The van der Waals surface area contributed by atoms with Gasteiger partial charge in [-0.05, 0) is 38.4 Å². The first-order chi connectivity index (χ1) is 14.9. The van der Waals surface area contributed by atoms with Crippen LogP contribution < -0.4 is 25.3 Å². The Morgan fingerprint density at radius 3 is 2.45 bits per heavy atom. The van der Waals surface area contributed by atoms with Crippen LogP contribution in [0.25, 0.3) is 5.69 Å². The van der Waals surface area contributed by atoms with Crippen molar-refractivity contribution in [3.8, 4) is 29.0 Å². The Labute approximate surface area is 180 Å². The summed E-state index contributed by atoms with van der Waals surface area (Å²) in [6.07, 6.45) is 0. The molecule has 0 spiro atoms. The Morgan fingerprint density at radius 2 is 1.84 bits per heavy atom. The summed E-state index contributed by atoms with van der Waals surface area (Å²) < 4.78 is 18.3. The number of methoxy groups -OCH3 is 2. The third-order valence-corrected chi connectivity index (χ3v) is 4.37. The number of benzene rings is 2. The number of nitrogen functional groups attached to an aromatic ring is 1. The zero-order valence-corrected chi connectivity index (χ0v) is 17.9. The van der Waals surface area contributed by atoms with E-state index in [-0.39, 0.29) is 5.95 Å². The lowest BCUT2D eigenvalue weighted by Gasteiger charge is -2.17. The number of nitrogens with one attached hydrogen (secondary N) is 1. The molecule has 3 N–H and O–H groups in total. The van der Waals surface area contributed by atoms with Crippen molar-refractivity contribution in [1.29, 1.82) is 5.26 Å². The largest absolute Gasteiger partial charge is 0.493 e. The average molecular weight is 423 g/mol. The fraction of sp³-hybridized carbons (Fsp3) is 0.286. The maximum atomic E-state index is 8.95. The molecule has 0 bridgehead atoms. The fourth-order valence-electron chi connectivity index (χ4n) is 2.82. The van der Waals surface area contributed by atoms with Gasteiger partial charge in [-0.3, -0.25) is 0 Å². The number of hydrogen-bond acceptors (Lipinski definition) is 9. The van der Waals surface area contributed by atoms with Gasteiger partial charge in [-0.15, -0.1) is 5.10 Å². The predicted molar refractivity (Wildman–Crippen MR) is 117 cm³/mol. The average Bonchev–Trinajstić information content (AvgIpc) is 3.13. The number of nitrogens with zero attached hydrogens (tertiary/aromatic N) is 5. The summed E-state index contributed by atoms with van der Waals surface area (Å²) in [6.45, 7) is 1.23. The molecule has 0 atom stereocenters. The third-order valence-electron chi connectivity index (χ3n) is 4.37. The van der Waals surface area contributed by atoms with Gasteiger partial charge >= 0.3 is 0 Å². The summed E-state index contributed by atoms with van der Waals surface area (Å²) in [4.78, 5) is 6.29. The maximum Gasteiger partial charge on any atom is 0.248 e. The molecular formula is C21H25N7O3. The van der Waals surface area contributed by atoms with Crippen molar-refractivity contribution in [2.24, 2.45) is 0 Å². The Hall–Kier alpha value is -3.97. The van der Waals surface area contributed by atoms with E-state index in [0.29, 0.717) is 46.7 Å². The van der Waals surface area contributed by atoms with Gasteiger partial charge in [0.15, 0.2) is 11.5 Å². The molecule has 0 aliphatic heterocycles. The lowest BCUT2D eigenvalue weighted by molar-refractivity contribution is 0.247. The number of nitrogens with two attached hydrogens (primary N) is 1. The monoisotopic (exact) mass is 423 g/mol. The Kier molecular flexibility index (Phi) is 6.79. The van der Waals surface area contributed by atoms with Crippen LogP contribution in [0.2, 0.25) is 0 Å². The SMILES string of the molecule is COc1cc(Nc2nc(N)n(-c3ccc(C#N)cc3)n2)cc(OCCN(C)C)c1OC. The van der Waals surface area contributed by atoms with E-state index in [1.807, 2.05) is 19.0 Å². The van der Waals surface area contributed by atoms with E-state index < -0.39 is 0 Å². The molecule has 0 aliphatic carbocycles. The molecule has 2 aromatic carbocycles. The lowest BCUT2D eigenvalue weighted by Crippen LogP contribution is -2.19. The number of anilines is 3. The number of ether oxygens (including phenoxy) is 3. The molecule has 0 fully saturated rings. The van der Waals surface area contributed by atoms with Crippen LogP contribution in [0.4, 0.5) is 17.6 Å². The van der Waals surface area contributed by atoms with Gasteiger partial charge in [-0.2, -0.15) is 14.9 Å². The zero-order valence-electron chi connectivity index (χ0n) is 17.9. The molecule has 0 aliphatic rings. The molecule has 0 radical (unpaired) electrons. The minimum atomic E-state index is 0.204. The second-order valence-electron chi connectivity index (χ2n) is 6.85. The standard InChI is InChI=1S/C21H25N7O3/c1-27(2)9-10-31-18-12-15(11-17(29-3)19(18)30-4)24-21-25-20(23)28(26-21)16-7-5-14(13-22)6-8-16/h5-8,11-12H,9-10H2,1-4H3,(H3,23,24,25,26). The van der Waals surface area contributed by atoms with Crippen molar-refractivity contribution in [3.63, 3.8) is 0 Å². The maximum absolute atomic E-state index is 8.95. The summed E-state index contributed by atoms with van der Waals surface area (Å²) >= 11 is 0. The van der Waals surface area contributed by atoms with Gasteiger partial charge in [0.05, 0.1) is 31.5 Å². The lowest BCUT2D eigenvalue weighted by atomic mass is 10.2. The highest BCUT2D eigenvalue weighted by molar-refractivity contribution is 5.66. The third kappa shape index (κ3) is 5.15. The summed E-state index contributed by atoms with van der Waals surface area (Å²) in [5.74, 6) is 2.04. The molecule has 3 aromatic rings. The molecule has 3 rings (SSSR count). The van der Waals surface area contributed by atoms with Crippen molar-refractivity contribution < 1.29 is 14.2 Å². The van der Waals surface area contributed by atoms with Crippen molar-refractivity contribution in [1.82, 2.24) is 19.7 Å². The molecule has 31 heavy (non-hydrogen) atoms.